The van der Waals surface area contributed by atoms with Gasteiger partial charge in [-0.05, 0) is 24.8 Å². The van der Waals surface area contributed by atoms with Gasteiger partial charge in [-0.1, -0.05) is 6.92 Å². The maximum absolute atomic E-state index is 10.4. The highest BCUT2D eigenvalue weighted by Gasteiger charge is 2.60. The molecule has 1 aliphatic carbocycles. The Morgan fingerprint density at radius 1 is 1.38 bits per heavy atom. The normalized spacial score (nSPS) is 39.0. The topological polar surface area (TPSA) is 106 Å². The molecule has 7 nitrogen and oxygen atoms in total. The number of aromatic nitrogens is 3. The first-order valence-corrected chi connectivity index (χ1v) is 7.13. The van der Waals surface area contributed by atoms with Crippen LogP contribution in [0.2, 0.25) is 0 Å². The largest absolute Gasteiger partial charge is 0.397 e. The third-order valence-corrected chi connectivity index (χ3v) is 4.66. The second-order valence-electron chi connectivity index (χ2n) is 6.25. The minimum atomic E-state index is -1.00. The molecule has 4 rings (SSSR count). The molecule has 3 atom stereocenters. The molecule has 0 radical (unpaired) electrons. The number of ether oxygens (including phenoxy) is 1. The molecule has 2 aromatic heterocycles. The van der Waals surface area contributed by atoms with Crippen LogP contribution in [0.3, 0.4) is 0 Å². The number of hydrogen-bond donors (Lipinski definition) is 3. The molecule has 0 bridgehead atoms. The van der Waals surface area contributed by atoms with Crippen molar-refractivity contribution in [3.8, 4) is 0 Å². The molecule has 1 saturated heterocycles. The van der Waals surface area contributed by atoms with Crippen molar-refractivity contribution in [3.05, 3.63) is 18.6 Å². The van der Waals surface area contributed by atoms with E-state index in [2.05, 4.69) is 16.9 Å². The standard InChI is InChI=1S/C14H18N4O3/c1-7-4-14(5-7)11(20)10(19)13(21-14)18-6-17-9-8(15)2-3-16-12(9)18/h2-3,6-7,10-11,13,19-20H,4-5H2,1H3,(H2,15,16)/t7?,10-,11?,13+,14?/m0/s1. The number of imidazole rings is 1. The summed E-state index contributed by atoms with van der Waals surface area (Å²) in [6.45, 7) is 2.11. The lowest BCUT2D eigenvalue weighted by atomic mass is 9.69. The van der Waals surface area contributed by atoms with E-state index in [0.717, 1.165) is 12.8 Å². The first kappa shape index (κ1) is 13.0. The Morgan fingerprint density at radius 2 is 2.14 bits per heavy atom. The summed E-state index contributed by atoms with van der Waals surface area (Å²) in [5, 5.41) is 20.7. The van der Waals surface area contributed by atoms with E-state index >= 15 is 0 Å². The van der Waals surface area contributed by atoms with Gasteiger partial charge in [-0.3, -0.25) is 4.57 Å². The monoisotopic (exact) mass is 290 g/mol. The van der Waals surface area contributed by atoms with Gasteiger partial charge in [-0.2, -0.15) is 0 Å². The van der Waals surface area contributed by atoms with Gasteiger partial charge in [0.2, 0.25) is 0 Å². The van der Waals surface area contributed by atoms with Crippen molar-refractivity contribution in [2.45, 2.75) is 43.8 Å². The van der Waals surface area contributed by atoms with Crippen LogP contribution in [-0.2, 0) is 4.74 Å². The molecule has 0 amide bonds. The fourth-order valence-electron chi connectivity index (χ4n) is 3.67. The lowest BCUT2D eigenvalue weighted by Crippen LogP contribution is -2.52. The predicted molar refractivity (Wildman–Crippen MR) is 75.2 cm³/mol. The summed E-state index contributed by atoms with van der Waals surface area (Å²) in [4.78, 5) is 8.49. The first-order valence-electron chi connectivity index (χ1n) is 7.13. The molecule has 1 saturated carbocycles. The third-order valence-electron chi connectivity index (χ3n) is 4.66. The number of nitrogens with zero attached hydrogens (tertiary/aromatic N) is 3. The van der Waals surface area contributed by atoms with E-state index < -0.39 is 24.0 Å². The summed E-state index contributed by atoms with van der Waals surface area (Å²) in [6, 6.07) is 1.68. The third kappa shape index (κ3) is 1.65. The SMILES string of the molecule is CC1CC2(C1)O[C@@H](n1cnc3c(N)ccnc31)[C@@H](O)C2O. The first-order chi connectivity index (χ1) is 10.0. The number of pyridine rings is 1. The summed E-state index contributed by atoms with van der Waals surface area (Å²) in [7, 11) is 0. The van der Waals surface area contributed by atoms with Crippen LogP contribution >= 0.6 is 0 Å². The summed E-state index contributed by atoms with van der Waals surface area (Å²) in [5.41, 5.74) is 6.88. The molecule has 1 spiro atoms. The second kappa shape index (κ2) is 4.16. The van der Waals surface area contributed by atoms with Crippen molar-refractivity contribution >= 4 is 16.9 Å². The highest BCUT2D eigenvalue weighted by molar-refractivity contribution is 5.83. The van der Waals surface area contributed by atoms with Crippen molar-refractivity contribution in [2.24, 2.45) is 5.92 Å². The van der Waals surface area contributed by atoms with Gasteiger partial charge in [0, 0.05) is 6.20 Å². The average Bonchev–Trinajstić information content (AvgIpc) is 2.95. The van der Waals surface area contributed by atoms with Gasteiger partial charge in [0.05, 0.1) is 17.6 Å². The summed E-state index contributed by atoms with van der Waals surface area (Å²) >= 11 is 0. The van der Waals surface area contributed by atoms with Crippen LogP contribution in [0, 0.1) is 5.92 Å². The molecule has 21 heavy (non-hydrogen) atoms. The van der Waals surface area contributed by atoms with Gasteiger partial charge in [0.25, 0.3) is 0 Å². The van der Waals surface area contributed by atoms with Crippen LogP contribution in [0.15, 0.2) is 18.6 Å². The van der Waals surface area contributed by atoms with Gasteiger partial charge in [-0.25, -0.2) is 9.97 Å². The molecule has 3 heterocycles. The molecule has 112 valence electrons. The number of anilines is 1. The summed E-state index contributed by atoms with van der Waals surface area (Å²) in [5.74, 6) is 0.499. The second-order valence-corrected chi connectivity index (χ2v) is 6.25. The molecule has 2 aromatic rings. The van der Waals surface area contributed by atoms with E-state index in [1.807, 2.05) is 0 Å². The zero-order valence-electron chi connectivity index (χ0n) is 11.7. The molecule has 0 aromatic carbocycles. The van der Waals surface area contributed by atoms with E-state index in [-0.39, 0.29) is 0 Å². The van der Waals surface area contributed by atoms with Crippen LogP contribution in [0.4, 0.5) is 5.69 Å². The van der Waals surface area contributed by atoms with Crippen molar-refractivity contribution in [1.82, 2.24) is 14.5 Å². The van der Waals surface area contributed by atoms with Gasteiger partial charge in [-0.15, -0.1) is 0 Å². The Labute approximate surface area is 121 Å². The Bertz CT molecular complexity index is 695. The molecule has 4 N–H and O–H groups in total. The van der Waals surface area contributed by atoms with Gasteiger partial charge in [0.1, 0.15) is 17.7 Å². The molecular weight excluding hydrogens is 272 g/mol. The maximum Gasteiger partial charge on any atom is 0.166 e. The lowest BCUT2D eigenvalue weighted by Gasteiger charge is -2.44. The van der Waals surface area contributed by atoms with Crippen LogP contribution < -0.4 is 5.73 Å². The van der Waals surface area contributed by atoms with E-state index in [0.29, 0.717) is 22.8 Å². The van der Waals surface area contributed by atoms with Gasteiger partial charge < -0.3 is 20.7 Å². The minimum Gasteiger partial charge on any atom is -0.397 e. The summed E-state index contributed by atoms with van der Waals surface area (Å²) in [6.07, 6.45) is 2.07. The maximum atomic E-state index is 10.4. The number of aliphatic hydroxyl groups is 2. The fraction of sp³-hybridized carbons (Fsp3) is 0.571. The number of aliphatic hydroxyl groups excluding tert-OH is 2. The van der Waals surface area contributed by atoms with Crippen molar-refractivity contribution in [2.75, 3.05) is 5.73 Å². The number of nitrogens with two attached hydrogens (primary N) is 1. The van der Waals surface area contributed by atoms with E-state index in [4.69, 9.17) is 10.5 Å². The minimum absolute atomic E-state index is 0.499. The number of rotatable bonds is 1. The predicted octanol–water partition coefficient (Wildman–Crippen LogP) is 0.433. The molecule has 2 aliphatic rings. The number of fused-ring (bicyclic) bond motifs is 1. The van der Waals surface area contributed by atoms with Crippen LogP contribution in [0.1, 0.15) is 26.0 Å². The zero-order valence-corrected chi connectivity index (χ0v) is 11.7. The van der Waals surface area contributed by atoms with E-state index in [9.17, 15) is 10.2 Å². The van der Waals surface area contributed by atoms with Crippen molar-refractivity contribution in [3.63, 3.8) is 0 Å². The average molecular weight is 290 g/mol. The lowest BCUT2D eigenvalue weighted by molar-refractivity contribution is -0.166. The van der Waals surface area contributed by atoms with E-state index in [1.165, 1.54) is 0 Å². The number of nitrogen functional groups attached to an aromatic ring is 1. The van der Waals surface area contributed by atoms with Crippen LogP contribution in [0.5, 0.6) is 0 Å². The van der Waals surface area contributed by atoms with Crippen molar-refractivity contribution < 1.29 is 14.9 Å². The Morgan fingerprint density at radius 3 is 2.86 bits per heavy atom. The van der Waals surface area contributed by atoms with Crippen LogP contribution in [-0.4, -0.2) is 42.6 Å². The quantitative estimate of drug-likeness (QED) is 0.703. The number of hydrogen-bond acceptors (Lipinski definition) is 6. The highest BCUT2D eigenvalue weighted by Crippen LogP contribution is 2.52. The van der Waals surface area contributed by atoms with Crippen LogP contribution in [0.25, 0.3) is 11.2 Å². The molecule has 7 heteroatoms. The summed E-state index contributed by atoms with van der Waals surface area (Å²) < 4.78 is 7.66. The Kier molecular flexibility index (Phi) is 2.57. The highest BCUT2D eigenvalue weighted by atomic mass is 16.6. The Hall–Kier alpha value is -1.70. The van der Waals surface area contributed by atoms with Gasteiger partial charge >= 0.3 is 0 Å². The molecule has 1 unspecified atom stereocenters. The zero-order chi connectivity index (χ0) is 14.8. The van der Waals surface area contributed by atoms with E-state index in [1.54, 1.807) is 23.2 Å². The fourth-order valence-corrected chi connectivity index (χ4v) is 3.67. The van der Waals surface area contributed by atoms with Gasteiger partial charge in [0.15, 0.2) is 11.9 Å². The molecule has 2 fully saturated rings. The Balaban J connectivity index is 1.74. The van der Waals surface area contributed by atoms with Crippen molar-refractivity contribution in [1.29, 1.82) is 0 Å². The molecule has 1 aliphatic heterocycles. The molecular formula is C14H18N4O3. The smallest absolute Gasteiger partial charge is 0.166 e.